The van der Waals surface area contributed by atoms with Gasteiger partial charge in [0.2, 0.25) is 5.82 Å². The van der Waals surface area contributed by atoms with Gasteiger partial charge in [-0.25, -0.2) is 18.9 Å². The van der Waals surface area contributed by atoms with E-state index in [2.05, 4.69) is 26.6 Å². The number of hydrogen-bond donors (Lipinski definition) is 3. The lowest BCUT2D eigenvalue weighted by molar-refractivity contribution is -0.148. The highest BCUT2D eigenvalue weighted by Gasteiger charge is 2.63. The molecule has 0 aliphatic heterocycles. The van der Waals surface area contributed by atoms with Crippen LogP contribution in [0.2, 0.25) is 0 Å². The van der Waals surface area contributed by atoms with Gasteiger partial charge in [-0.05, 0) is 74.0 Å². The normalized spacial score (nSPS) is 31.1. The highest BCUT2D eigenvalue weighted by molar-refractivity contribution is 5.89. The minimum absolute atomic E-state index is 0.170. The van der Waals surface area contributed by atoms with Crippen molar-refractivity contribution in [3.63, 3.8) is 0 Å². The monoisotopic (exact) mass is 473 g/mol. The number of hydrogen-bond acceptors (Lipinski definition) is 6. The van der Waals surface area contributed by atoms with E-state index in [1.807, 2.05) is 10.6 Å². The summed E-state index contributed by atoms with van der Waals surface area (Å²) in [5.74, 6) is 1.59. The molecular formula is C25H24FN7O2. The molecule has 9 rings (SSSR count). The smallest absolute Gasteiger partial charge is 0.308 e. The van der Waals surface area contributed by atoms with Crippen LogP contribution in [0.4, 0.5) is 10.2 Å². The maximum Gasteiger partial charge on any atom is 0.308 e. The summed E-state index contributed by atoms with van der Waals surface area (Å²) in [5, 5.41) is 26.3. The number of aromatic nitrogens is 6. The van der Waals surface area contributed by atoms with Crippen LogP contribution in [-0.4, -0.2) is 46.9 Å². The molecule has 4 aromatic heterocycles. The van der Waals surface area contributed by atoms with Crippen LogP contribution >= 0.6 is 0 Å². The van der Waals surface area contributed by atoms with Gasteiger partial charge in [-0.2, -0.15) is 5.10 Å². The van der Waals surface area contributed by atoms with Gasteiger partial charge in [-0.1, -0.05) is 0 Å². The zero-order chi connectivity index (χ0) is 23.4. The van der Waals surface area contributed by atoms with E-state index in [1.54, 1.807) is 0 Å². The fourth-order valence-electron chi connectivity index (χ4n) is 7.11. The summed E-state index contributed by atoms with van der Waals surface area (Å²) >= 11 is 0. The van der Waals surface area contributed by atoms with E-state index in [0.29, 0.717) is 52.0 Å². The van der Waals surface area contributed by atoms with E-state index in [1.165, 1.54) is 6.07 Å². The molecule has 0 radical (unpaired) electrons. The molecule has 2 unspecified atom stereocenters. The lowest BCUT2D eigenvalue weighted by Crippen LogP contribution is -2.52. The first-order valence-electron chi connectivity index (χ1n) is 12.5. The molecule has 0 amide bonds. The molecule has 5 aliphatic rings. The van der Waals surface area contributed by atoms with Crippen molar-refractivity contribution in [2.24, 2.45) is 29.6 Å². The van der Waals surface area contributed by atoms with Crippen molar-refractivity contribution in [1.29, 1.82) is 0 Å². The minimum Gasteiger partial charge on any atom is -0.481 e. The summed E-state index contributed by atoms with van der Waals surface area (Å²) < 4.78 is 15.9. The molecule has 9 nitrogen and oxygen atoms in total. The second-order valence-electron chi connectivity index (χ2n) is 10.7. The molecule has 5 fully saturated rings. The van der Waals surface area contributed by atoms with E-state index in [9.17, 15) is 14.3 Å². The Morgan fingerprint density at radius 2 is 1.97 bits per heavy atom. The number of anilines is 1. The number of rotatable bonds is 5. The lowest BCUT2D eigenvalue weighted by Gasteiger charge is -2.46. The number of halogens is 1. The number of H-pyrrole nitrogens is 1. The van der Waals surface area contributed by atoms with Crippen LogP contribution in [0.25, 0.3) is 28.1 Å². The first kappa shape index (κ1) is 19.7. The standard InChI is InChI=1S/C25H24FN7O2/c26-11-7-16-21(30-31-22(16)27-9-11)24-29-23(18-6-5-17(10-1-2-10)33(18)32-24)28-20-13-4-3-12(14-8-15(13)14)19(20)25(34)35/h5-7,9-10,12-15,19-20H,1-4,8H2,(H,34,35)(H,27,30,31)(H,28,29,32)/t12-,13+,14?,15?,19+,20+/m0/s1. The summed E-state index contributed by atoms with van der Waals surface area (Å²) in [6.45, 7) is 0. The number of fused-ring (bicyclic) bond motifs is 4. The van der Waals surface area contributed by atoms with Gasteiger partial charge in [0, 0.05) is 17.7 Å². The predicted octanol–water partition coefficient (Wildman–Crippen LogP) is 3.84. The molecular weight excluding hydrogens is 449 g/mol. The molecule has 4 aromatic rings. The van der Waals surface area contributed by atoms with Gasteiger partial charge in [0.05, 0.1) is 17.5 Å². The summed E-state index contributed by atoms with van der Waals surface area (Å²) in [4.78, 5) is 21.3. The second kappa shape index (κ2) is 6.77. The van der Waals surface area contributed by atoms with Gasteiger partial charge in [0.1, 0.15) is 17.0 Å². The zero-order valence-electron chi connectivity index (χ0n) is 18.9. The van der Waals surface area contributed by atoms with E-state index >= 15 is 0 Å². The molecule has 3 N–H and O–H groups in total. The van der Waals surface area contributed by atoms with E-state index in [0.717, 1.165) is 49.5 Å². The average Bonchev–Trinajstić information content (AvgIpc) is 3.77. The van der Waals surface area contributed by atoms with Crippen molar-refractivity contribution in [1.82, 2.24) is 29.8 Å². The number of carboxylic acid groups (broad SMARTS) is 1. The topological polar surface area (TPSA) is 121 Å². The number of nitrogens with zero attached hydrogens (tertiary/aromatic N) is 5. The molecule has 6 atom stereocenters. The molecule has 2 bridgehead atoms. The fourth-order valence-corrected chi connectivity index (χ4v) is 7.11. The molecule has 0 spiro atoms. The van der Waals surface area contributed by atoms with Gasteiger partial charge in [-0.15, -0.1) is 5.10 Å². The zero-order valence-corrected chi connectivity index (χ0v) is 18.9. The van der Waals surface area contributed by atoms with Gasteiger partial charge in [0.25, 0.3) is 0 Å². The molecule has 10 heteroatoms. The van der Waals surface area contributed by atoms with Gasteiger partial charge in [0.15, 0.2) is 11.5 Å². The highest BCUT2D eigenvalue weighted by Crippen LogP contribution is 2.64. The number of aromatic amines is 1. The number of pyridine rings is 1. The predicted molar refractivity (Wildman–Crippen MR) is 124 cm³/mol. The molecule has 4 heterocycles. The Bertz CT molecular complexity index is 1530. The first-order chi connectivity index (χ1) is 17.1. The maximum atomic E-state index is 14.0. The van der Waals surface area contributed by atoms with Gasteiger partial charge < -0.3 is 10.4 Å². The van der Waals surface area contributed by atoms with Crippen LogP contribution in [0.15, 0.2) is 24.4 Å². The van der Waals surface area contributed by atoms with Crippen molar-refractivity contribution in [3.05, 3.63) is 35.9 Å². The SMILES string of the molecule is O=C(O)[C@H]1[C@H](Nc2nc(-c3n[nH]c4ncc(F)cc34)nn3c(C4CC4)ccc23)[C@@H]2CC[C@H]1C1CC12. The molecule has 5 saturated carbocycles. The second-order valence-corrected chi connectivity index (χ2v) is 10.7. The Kier molecular flexibility index (Phi) is 3.81. The van der Waals surface area contributed by atoms with Crippen LogP contribution in [-0.2, 0) is 4.79 Å². The van der Waals surface area contributed by atoms with Crippen LogP contribution in [0, 0.1) is 35.4 Å². The van der Waals surface area contributed by atoms with Crippen molar-refractivity contribution in [3.8, 4) is 11.5 Å². The number of aliphatic carboxylic acids is 1. The molecule has 5 aliphatic carbocycles. The third kappa shape index (κ3) is 2.82. The minimum atomic E-state index is -0.721. The Balaban J connectivity index is 1.28. The summed E-state index contributed by atoms with van der Waals surface area (Å²) in [6, 6.07) is 5.31. The maximum absolute atomic E-state index is 14.0. The fraction of sp³-hybridized carbons (Fsp3) is 0.480. The molecule has 35 heavy (non-hydrogen) atoms. The Morgan fingerprint density at radius 3 is 2.80 bits per heavy atom. The van der Waals surface area contributed by atoms with Crippen LogP contribution in [0.3, 0.4) is 0 Å². The van der Waals surface area contributed by atoms with Gasteiger partial charge >= 0.3 is 5.97 Å². The van der Waals surface area contributed by atoms with Crippen molar-refractivity contribution < 1.29 is 14.3 Å². The Hall–Kier alpha value is -3.56. The van der Waals surface area contributed by atoms with E-state index < -0.39 is 17.7 Å². The number of carbonyl (C=O) groups is 1. The third-order valence-corrected chi connectivity index (χ3v) is 8.85. The van der Waals surface area contributed by atoms with Crippen molar-refractivity contribution in [2.75, 3.05) is 5.32 Å². The van der Waals surface area contributed by atoms with Crippen LogP contribution in [0.5, 0.6) is 0 Å². The van der Waals surface area contributed by atoms with E-state index in [-0.39, 0.29) is 12.0 Å². The summed E-state index contributed by atoms with van der Waals surface area (Å²) in [7, 11) is 0. The average molecular weight is 474 g/mol. The third-order valence-electron chi connectivity index (χ3n) is 8.85. The van der Waals surface area contributed by atoms with E-state index in [4.69, 9.17) is 10.1 Å². The summed E-state index contributed by atoms with van der Waals surface area (Å²) in [6.07, 6.45) is 6.59. The van der Waals surface area contributed by atoms with Gasteiger partial charge in [-0.3, -0.25) is 9.89 Å². The number of nitrogens with one attached hydrogen (secondary N) is 2. The Morgan fingerprint density at radius 1 is 1.14 bits per heavy atom. The van der Waals surface area contributed by atoms with Crippen LogP contribution < -0.4 is 5.32 Å². The summed E-state index contributed by atoms with van der Waals surface area (Å²) in [5.41, 5.74) is 2.83. The van der Waals surface area contributed by atoms with Crippen LogP contribution in [0.1, 0.15) is 43.7 Å². The number of carboxylic acids is 1. The Labute approximate surface area is 199 Å². The molecule has 0 saturated heterocycles. The largest absolute Gasteiger partial charge is 0.481 e. The first-order valence-corrected chi connectivity index (χ1v) is 12.5. The quantitative estimate of drug-likeness (QED) is 0.403. The van der Waals surface area contributed by atoms with Crippen molar-refractivity contribution in [2.45, 2.75) is 44.1 Å². The van der Waals surface area contributed by atoms with Crippen molar-refractivity contribution >= 4 is 28.3 Å². The molecule has 0 aromatic carbocycles. The highest BCUT2D eigenvalue weighted by atomic mass is 19.1. The lowest BCUT2D eigenvalue weighted by atomic mass is 9.61. The molecule has 178 valence electrons.